The minimum Gasteiger partial charge on any atom is -0.486 e. The molecule has 0 aromatic heterocycles. The van der Waals surface area contributed by atoms with Gasteiger partial charge in [0, 0.05) is 19.0 Å². The van der Waals surface area contributed by atoms with Crippen LogP contribution in [0, 0.1) is 0 Å². The van der Waals surface area contributed by atoms with Gasteiger partial charge in [-0.3, -0.25) is 4.79 Å². The van der Waals surface area contributed by atoms with Crippen LogP contribution in [0.1, 0.15) is 12.0 Å². The van der Waals surface area contributed by atoms with Crippen molar-refractivity contribution in [2.24, 2.45) is 0 Å². The van der Waals surface area contributed by atoms with E-state index >= 15 is 0 Å². The van der Waals surface area contributed by atoms with Gasteiger partial charge in [0.05, 0.1) is 10.6 Å². The van der Waals surface area contributed by atoms with E-state index in [9.17, 15) is 13.2 Å². The maximum atomic E-state index is 12.4. The lowest BCUT2D eigenvalue weighted by Gasteiger charge is -2.18. The Kier molecular flexibility index (Phi) is 5.78. The number of nitrogens with one attached hydrogen (secondary N) is 1. The van der Waals surface area contributed by atoms with Gasteiger partial charge in [0.2, 0.25) is 5.91 Å². The number of hydrogen-bond acceptors (Lipinski definition) is 5. The molecule has 1 amide bonds. The molecule has 0 bridgehead atoms. The highest BCUT2D eigenvalue weighted by Gasteiger charge is 2.20. The summed E-state index contributed by atoms with van der Waals surface area (Å²) in [5.41, 5.74) is 1.12. The molecule has 0 fully saturated rings. The van der Waals surface area contributed by atoms with Gasteiger partial charge in [0.25, 0.3) is 0 Å². The number of rotatable bonds is 7. The molecule has 138 valence electrons. The lowest BCUT2D eigenvalue weighted by atomic mass is 10.1. The van der Waals surface area contributed by atoms with Crippen molar-refractivity contribution < 1.29 is 22.7 Å². The highest BCUT2D eigenvalue weighted by atomic mass is 32.2. The molecule has 26 heavy (non-hydrogen) atoms. The van der Waals surface area contributed by atoms with Gasteiger partial charge in [0.1, 0.15) is 13.2 Å². The summed E-state index contributed by atoms with van der Waals surface area (Å²) in [6.45, 7) is 1.31. The molecular formula is C19H21NO5S. The second kappa shape index (κ2) is 8.23. The summed E-state index contributed by atoms with van der Waals surface area (Å²) < 4.78 is 35.7. The van der Waals surface area contributed by atoms with Gasteiger partial charge in [-0.1, -0.05) is 30.3 Å². The van der Waals surface area contributed by atoms with Crippen molar-refractivity contribution in [3.63, 3.8) is 0 Å². The standard InChI is InChI=1S/C19H21NO5S/c21-19(20-10-8-15-4-2-1-3-5-15)9-13-26(22,23)16-6-7-17-18(14-16)25-12-11-24-17/h1-7,14H,8-13H2,(H,20,21). The quantitative estimate of drug-likeness (QED) is 0.800. The summed E-state index contributed by atoms with van der Waals surface area (Å²) in [5.74, 6) is 0.435. The minimum absolute atomic E-state index is 0.0778. The number of sulfone groups is 1. The molecule has 1 N–H and O–H groups in total. The fraction of sp³-hybridized carbons (Fsp3) is 0.316. The van der Waals surface area contributed by atoms with Crippen LogP contribution in [0.15, 0.2) is 53.4 Å². The maximum absolute atomic E-state index is 12.4. The van der Waals surface area contributed by atoms with Gasteiger partial charge in [-0.05, 0) is 24.1 Å². The van der Waals surface area contributed by atoms with Crippen molar-refractivity contribution >= 4 is 15.7 Å². The molecule has 1 aliphatic heterocycles. The van der Waals surface area contributed by atoms with E-state index < -0.39 is 9.84 Å². The largest absolute Gasteiger partial charge is 0.486 e. The Morgan fingerprint density at radius 2 is 1.73 bits per heavy atom. The lowest BCUT2D eigenvalue weighted by molar-refractivity contribution is -0.120. The first-order valence-electron chi connectivity index (χ1n) is 8.48. The van der Waals surface area contributed by atoms with Crippen LogP contribution in [0.2, 0.25) is 0 Å². The number of amides is 1. The van der Waals surface area contributed by atoms with Crippen LogP contribution in [0.5, 0.6) is 11.5 Å². The van der Waals surface area contributed by atoms with Gasteiger partial charge in [-0.25, -0.2) is 8.42 Å². The normalized spacial score (nSPS) is 13.2. The molecule has 0 saturated carbocycles. The smallest absolute Gasteiger partial charge is 0.221 e. The van der Waals surface area contributed by atoms with Gasteiger partial charge in [-0.15, -0.1) is 0 Å². The second-order valence-electron chi connectivity index (χ2n) is 5.96. The summed E-state index contributed by atoms with van der Waals surface area (Å²) in [5, 5.41) is 2.76. The third kappa shape index (κ3) is 4.76. The predicted octanol–water partition coefficient (Wildman–Crippen LogP) is 1.98. The van der Waals surface area contributed by atoms with E-state index in [1.165, 1.54) is 12.1 Å². The molecule has 0 spiro atoms. The molecule has 3 rings (SSSR count). The molecule has 7 heteroatoms. The van der Waals surface area contributed by atoms with Crippen LogP contribution in [-0.4, -0.2) is 39.8 Å². The van der Waals surface area contributed by atoms with E-state index in [4.69, 9.17) is 9.47 Å². The van der Waals surface area contributed by atoms with E-state index in [2.05, 4.69) is 5.32 Å². The van der Waals surface area contributed by atoms with Crippen molar-refractivity contribution in [1.29, 1.82) is 0 Å². The van der Waals surface area contributed by atoms with E-state index in [0.717, 1.165) is 5.56 Å². The zero-order valence-electron chi connectivity index (χ0n) is 14.3. The van der Waals surface area contributed by atoms with Crippen LogP contribution < -0.4 is 14.8 Å². The molecule has 0 saturated heterocycles. The molecule has 0 unspecified atom stereocenters. The second-order valence-corrected chi connectivity index (χ2v) is 8.07. The monoisotopic (exact) mass is 375 g/mol. The van der Waals surface area contributed by atoms with Gasteiger partial charge < -0.3 is 14.8 Å². The Hall–Kier alpha value is -2.54. The molecule has 0 atom stereocenters. The summed E-state index contributed by atoms with van der Waals surface area (Å²) in [4.78, 5) is 12.1. The predicted molar refractivity (Wildman–Crippen MR) is 97.3 cm³/mol. The lowest BCUT2D eigenvalue weighted by Crippen LogP contribution is -2.27. The molecule has 1 heterocycles. The molecule has 1 aliphatic rings. The van der Waals surface area contributed by atoms with Crippen LogP contribution in [0.4, 0.5) is 0 Å². The minimum atomic E-state index is -3.56. The Labute approximate surface area is 153 Å². The Bertz CT molecular complexity index is 865. The number of ether oxygens (including phenoxy) is 2. The maximum Gasteiger partial charge on any atom is 0.221 e. The van der Waals surface area contributed by atoms with Crippen LogP contribution >= 0.6 is 0 Å². The third-order valence-electron chi connectivity index (χ3n) is 4.05. The topological polar surface area (TPSA) is 81.7 Å². The fourth-order valence-corrected chi connectivity index (χ4v) is 3.89. The van der Waals surface area contributed by atoms with E-state index in [1.807, 2.05) is 30.3 Å². The van der Waals surface area contributed by atoms with E-state index in [0.29, 0.717) is 37.7 Å². The number of carbonyl (C=O) groups excluding carboxylic acids is 1. The van der Waals surface area contributed by atoms with Gasteiger partial charge in [-0.2, -0.15) is 0 Å². The Morgan fingerprint density at radius 1 is 1.00 bits per heavy atom. The van der Waals surface area contributed by atoms with Gasteiger partial charge >= 0.3 is 0 Å². The molecular weight excluding hydrogens is 354 g/mol. The van der Waals surface area contributed by atoms with Crippen LogP contribution in [0.25, 0.3) is 0 Å². The first-order valence-corrected chi connectivity index (χ1v) is 10.1. The van der Waals surface area contributed by atoms with Crippen molar-refractivity contribution in [1.82, 2.24) is 5.32 Å². The summed E-state index contributed by atoms with van der Waals surface area (Å²) in [6.07, 6.45) is 0.632. The van der Waals surface area contributed by atoms with Crippen LogP contribution in [0.3, 0.4) is 0 Å². The average molecular weight is 375 g/mol. The highest BCUT2D eigenvalue weighted by Crippen LogP contribution is 2.32. The molecule has 2 aromatic rings. The van der Waals surface area contributed by atoms with Gasteiger partial charge in [0.15, 0.2) is 21.3 Å². The number of carbonyl (C=O) groups is 1. The molecule has 2 aromatic carbocycles. The first-order chi connectivity index (χ1) is 12.5. The van der Waals surface area contributed by atoms with Crippen molar-refractivity contribution in [2.75, 3.05) is 25.5 Å². The zero-order valence-corrected chi connectivity index (χ0v) is 15.1. The summed E-state index contributed by atoms with van der Waals surface area (Å²) >= 11 is 0. The Balaban J connectivity index is 1.50. The number of benzene rings is 2. The SMILES string of the molecule is O=C(CCS(=O)(=O)c1ccc2c(c1)OCCO2)NCCc1ccccc1. The van der Waals surface area contributed by atoms with Crippen molar-refractivity contribution in [3.8, 4) is 11.5 Å². The third-order valence-corrected chi connectivity index (χ3v) is 5.76. The fourth-order valence-electron chi connectivity index (χ4n) is 2.64. The number of hydrogen-bond donors (Lipinski definition) is 1. The highest BCUT2D eigenvalue weighted by molar-refractivity contribution is 7.91. The Morgan fingerprint density at radius 3 is 2.50 bits per heavy atom. The van der Waals surface area contributed by atoms with E-state index in [-0.39, 0.29) is 23.0 Å². The number of fused-ring (bicyclic) bond motifs is 1. The van der Waals surface area contributed by atoms with Crippen molar-refractivity contribution in [2.45, 2.75) is 17.7 Å². The van der Waals surface area contributed by atoms with Crippen LogP contribution in [-0.2, 0) is 21.1 Å². The summed E-state index contributed by atoms with van der Waals surface area (Å²) in [6, 6.07) is 14.3. The van der Waals surface area contributed by atoms with E-state index in [1.54, 1.807) is 6.07 Å². The molecule has 0 aliphatic carbocycles. The average Bonchev–Trinajstić information content (AvgIpc) is 2.67. The first kappa shape index (κ1) is 18.3. The van der Waals surface area contributed by atoms with Crippen molar-refractivity contribution in [3.05, 3.63) is 54.1 Å². The molecule has 0 radical (unpaired) electrons. The zero-order chi connectivity index (χ0) is 18.4. The summed E-state index contributed by atoms with van der Waals surface area (Å²) in [7, 11) is -3.56. The molecule has 6 nitrogen and oxygen atoms in total.